The summed E-state index contributed by atoms with van der Waals surface area (Å²) in [6.07, 6.45) is 2.70. The standard InChI is InChI=1S/C21H25N3OS/c25-11-6-20-15-23(9-10-24(20)13-17-7-12-26-16-17)14-19-4-1-3-18-5-2-8-22-21(18)19/h1-5,7-8,12,16,20,25H,6,9-11,13-15H2/t20-/m0/s1. The number of benzene rings is 1. The Bertz CT molecular complexity index is 831. The molecule has 0 bridgehead atoms. The van der Waals surface area contributed by atoms with E-state index >= 15 is 0 Å². The fourth-order valence-electron chi connectivity index (χ4n) is 3.88. The van der Waals surface area contributed by atoms with Gasteiger partial charge in [-0.05, 0) is 40.4 Å². The maximum Gasteiger partial charge on any atom is 0.0746 e. The monoisotopic (exact) mass is 367 g/mol. The molecule has 4 rings (SSSR count). The van der Waals surface area contributed by atoms with Crippen LogP contribution in [0.25, 0.3) is 10.9 Å². The predicted molar refractivity (Wildman–Crippen MR) is 107 cm³/mol. The molecule has 0 amide bonds. The summed E-state index contributed by atoms with van der Waals surface area (Å²) in [7, 11) is 0. The highest BCUT2D eigenvalue weighted by Crippen LogP contribution is 2.22. The summed E-state index contributed by atoms with van der Waals surface area (Å²) in [5, 5.41) is 15.1. The van der Waals surface area contributed by atoms with Crippen LogP contribution in [0.2, 0.25) is 0 Å². The number of nitrogens with zero attached hydrogens (tertiary/aromatic N) is 3. The summed E-state index contributed by atoms with van der Waals surface area (Å²) in [6.45, 7) is 5.23. The van der Waals surface area contributed by atoms with Gasteiger partial charge in [0.1, 0.15) is 0 Å². The molecule has 0 spiro atoms. The second kappa shape index (κ2) is 8.27. The van der Waals surface area contributed by atoms with Gasteiger partial charge < -0.3 is 5.11 Å². The van der Waals surface area contributed by atoms with Crippen molar-refractivity contribution in [3.63, 3.8) is 0 Å². The number of para-hydroxylation sites is 1. The number of rotatable bonds is 6. The normalized spacial score (nSPS) is 19.2. The van der Waals surface area contributed by atoms with Crippen molar-refractivity contribution in [1.29, 1.82) is 0 Å². The Kier molecular flexibility index (Phi) is 5.60. The van der Waals surface area contributed by atoms with Gasteiger partial charge in [0, 0.05) is 57.0 Å². The zero-order valence-electron chi connectivity index (χ0n) is 14.9. The highest BCUT2D eigenvalue weighted by molar-refractivity contribution is 7.07. The van der Waals surface area contributed by atoms with E-state index in [1.165, 1.54) is 16.5 Å². The molecule has 2 aromatic heterocycles. The van der Waals surface area contributed by atoms with Crippen molar-refractivity contribution in [2.45, 2.75) is 25.6 Å². The van der Waals surface area contributed by atoms with Crippen LogP contribution in [0, 0.1) is 0 Å². The Hall–Kier alpha value is -1.79. The van der Waals surface area contributed by atoms with E-state index in [2.05, 4.69) is 55.9 Å². The van der Waals surface area contributed by atoms with E-state index in [1.54, 1.807) is 11.3 Å². The van der Waals surface area contributed by atoms with Crippen LogP contribution >= 0.6 is 11.3 Å². The van der Waals surface area contributed by atoms with Crippen molar-refractivity contribution in [1.82, 2.24) is 14.8 Å². The summed E-state index contributed by atoms with van der Waals surface area (Å²) in [6, 6.07) is 13.2. The molecule has 1 fully saturated rings. The first-order valence-electron chi connectivity index (χ1n) is 9.24. The number of hydrogen-bond acceptors (Lipinski definition) is 5. The lowest BCUT2D eigenvalue weighted by Gasteiger charge is -2.41. The first-order chi connectivity index (χ1) is 12.8. The first-order valence-corrected chi connectivity index (χ1v) is 10.2. The lowest BCUT2D eigenvalue weighted by molar-refractivity contribution is 0.0502. The van der Waals surface area contributed by atoms with Gasteiger partial charge in [-0.2, -0.15) is 11.3 Å². The van der Waals surface area contributed by atoms with Crippen molar-refractivity contribution in [2.75, 3.05) is 26.2 Å². The van der Waals surface area contributed by atoms with Crippen LogP contribution in [0.15, 0.2) is 53.4 Å². The van der Waals surface area contributed by atoms with E-state index < -0.39 is 0 Å². The Labute approximate surface area is 158 Å². The van der Waals surface area contributed by atoms with Crippen LogP contribution in [0.1, 0.15) is 17.5 Å². The Morgan fingerprint density at radius 1 is 1.12 bits per heavy atom. The molecule has 1 N–H and O–H groups in total. The second-order valence-electron chi connectivity index (χ2n) is 7.00. The fraction of sp³-hybridized carbons (Fsp3) is 0.381. The average Bonchev–Trinajstić information content (AvgIpc) is 3.18. The third kappa shape index (κ3) is 3.96. The van der Waals surface area contributed by atoms with E-state index in [9.17, 15) is 5.11 Å². The number of hydrogen-bond donors (Lipinski definition) is 1. The molecule has 1 aliphatic heterocycles. The van der Waals surface area contributed by atoms with Crippen LogP contribution in [0.5, 0.6) is 0 Å². The summed E-state index contributed by atoms with van der Waals surface area (Å²) in [5.41, 5.74) is 3.77. The van der Waals surface area contributed by atoms with Gasteiger partial charge >= 0.3 is 0 Å². The van der Waals surface area contributed by atoms with E-state index in [-0.39, 0.29) is 6.61 Å². The molecule has 1 saturated heterocycles. The second-order valence-corrected chi connectivity index (χ2v) is 7.78. The minimum Gasteiger partial charge on any atom is -0.396 e. The molecule has 0 aliphatic carbocycles. The average molecular weight is 368 g/mol. The molecule has 5 heteroatoms. The van der Waals surface area contributed by atoms with Gasteiger partial charge in [-0.3, -0.25) is 14.8 Å². The van der Waals surface area contributed by atoms with Gasteiger partial charge in [-0.25, -0.2) is 0 Å². The number of thiophene rings is 1. The van der Waals surface area contributed by atoms with Gasteiger partial charge in [0.25, 0.3) is 0 Å². The van der Waals surface area contributed by atoms with Crippen molar-refractivity contribution in [3.8, 4) is 0 Å². The number of aliphatic hydroxyl groups excluding tert-OH is 1. The summed E-state index contributed by atoms with van der Waals surface area (Å²) in [4.78, 5) is 9.62. The fourth-order valence-corrected chi connectivity index (χ4v) is 4.54. The van der Waals surface area contributed by atoms with Gasteiger partial charge in [-0.1, -0.05) is 24.3 Å². The topological polar surface area (TPSA) is 39.6 Å². The van der Waals surface area contributed by atoms with Crippen LogP contribution in [-0.2, 0) is 13.1 Å². The Morgan fingerprint density at radius 3 is 2.88 bits per heavy atom. The van der Waals surface area contributed by atoms with Gasteiger partial charge in [0.2, 0.25) is 0 Å². The summed E-state index contributed by atoms with van der Waals surface area (Å²) < 4.78 is 0. The minimum atomic E-state index is 0.245. The molecule has 3 heterocycles. The first kappa shape index (κ1) is 17.6. The quantitative estimate of drug-likeness (QED) is 0.725. The maximum absolute atomic E-state index is 9.53. The highest BCUT2D eigenvalue weighted by Gasteiger charge is 2.27. The van der Waals surface area contributed by atoms with Crippen molar-refractivity contribution >= 4 is 22.2 Å². The molecule has 4 nitrogen and oxygen atoms in total. The number of aliphatic hydroxyl groups is 1. The molecule has 1 aliphatic rings. The van der Waals surface area contributed by atoms with Crippen LogP contribution in [0.3, 0.4) is 0 Å². The van der Waals surface area contributed by atoms with Gasteiger partial charge in [0.15, 0.2) is 0 Å². The highest BCUT2D eigenvalue weighted by atomic mass is 32.1. The number of pyridine rings is 1. The SMILES string of the molecule is OCC[C@H]1CN(Cc2cccc3cccnc23)CCN1Cc1ccsc1. The largest absolute Gasteiger partial charge is 0.396 e. The number of piperazine rings is 1. The molecule has 0 saturated carbocycles. The van der Waals surface area contributed by atoms with Gasteiger partial charge in [0.05, 0.1) is 5.52 Å². The molecule has 0 radical (unpaired) electrons. The van der Waals surface area contributed by atoms with E-state index in [1.807, 2.05) is 12.3 Å². The van der Waals surface area contributed by atoms with E-state index in [0.717, 1.165) is 44.7 Å². The van der Waals surface area contributed by atoms with E-state index in [4.69, 9.17) is 0 Å². The van der Waals surface area contributed by atoms with Crippen LogP contribution < -0.4 is 0 Å². The smallest absolute Gasteiger partial charge is 0.0746 e. The zero-order valence-corrected chi connectivity index (χ0v) is 15.7. The number of fused-ring (bicyclic) bond motifs is 1. The Balaban J connectivity index is 1.46. The lowest BCUT2D eigenvalue weighted by atomic mass is 10.1. The van der Waals surface area contributed by atoms with Crippen molar-refractivity contribution < 1.29 is 5.11 Å². The van der Waals surface area contributed by atoms with E-state index in [0.29, 0.717) is 6.04 Å². The summed E-state index contributed by atoms with van der Waals surface area (Å²) >= 11 is 1.75. The van der Waals surface area contributed by atoms with Gasteiger partial charge in [-0.15, -0.1) is 0 Å². The third-order valence-corrected chi connectivity index (χ3v) is 5.96. The molecule has 1 aromatic carbocycles. The molecule has 3 aromatic rings. The van der Waals surface area contributed by atoms with Crippen molar-refractivity contribution in [3.05, 3.63) is 64.5 Å². The van der Waals surface area contributed by atoms with Crippen LogP contribution in [0.4, 0.5) is 0 Å². The maximum atomic E-state index is 9.53. The molecule has 0 unspecified atom stereocenters. The molecule has 26 heavy (non-hydrogen) atoms. The molecule has 1 atom stereocenters. The summed E-state index contributed by atoms with van der Waals surface area (Å²) in [5.74, 6) is 0. The zero-order chi connectivity index (χ0) is 17.8. The molecule has 136 valence electrons. The Morgan fingerprint density at radius 2 is 2.04 bits per heavy atom. The minimum absolute atomic E-state index is 0.245. The number of aromatic nitrogens is 1. The predicted octanol–water partition coefficient (Wildman–Crippen LogP) is 3.37. The molecular weight excluding hydrogens is 342 g/mol. The third-order valence-electron chi connectivity index (χ3n) is 5.23. The molecular formula is C21H25N3OS. The lowest BCUT2D eigenvalue weighted by Crippen LogP contribution is -2.52. The van der Waals surface area contributed by atoms with Crippen LogP contribution in [-0.4, -0.2) is 52.2 Å². The van der Waals surface area contributed by atoms with Crippen molar-refractivity contribution in [2.24, 2.45) is 0 Å².